The summed E-state index contributed by atoms with van der Waals surface area (Å²) in [5.74, 6) is 1.26. The van der Waals surface area contributed by atoms with Crippen molar-refractivity contribution >= 4 is 11.7 Å². The van der Waals surface area contributed by atoms with E-state index in [2.05, 4.69) is 20.6 Å². The van der Waals surface area contributed by atoms with Crippen LogP contribution in [0, 0.1) is 6.92 Å². The van der Waals surface area contributed by atoms with Gasteiger partial charge >= 0.3 is 0 Å². The quantitative estimate of drug-likeness (QED) is 0.531. The first kappa shape index (κ1) is 21.3. The molecule has 0 radical (unpaired) electrons. The van der Waals surface area contributed by atoms with Crippen LogP contribution >= 0.6 is 0 Å². The van der Waals surface area contributed by atoms with Crippen LogP contribution in [-0.2, 0) is 0 Å². The molecule has 1 heterocycles. The van der Waals surface area contributed by atoms with Crippen LogP contribution in [0.15, 0.2) is 54.9 Å². The lowest BCUT2D eigenvalue weighted by atomic mass is 10.1. The van der Waals surface area contributed by atoms with Crippen LogP contribution in [0.3, 0.4) is 0 Å². The highest BCUT2D eigenvalue weighted by Gasteiger charge is 2.11. The number of rotatable bonds is 8. The zero-order valence-electron chi connectivity index (χ0n) is 17.3. The molecule has 0 aliphatic carbocycles. The number of aliphatic hydroxyl groups is 1. The topological polar surface area (TPSA) is 96.4 Å². The number of carbonyl (C=O) groups excluding carboxylic acids is 1. The second kappa shape index (κ2) is 9.84. The summed E-state index contributed by atoms with van der Waals surface area (Å²) in [5, 5.41) is 14.8. The van der Waals surface area contributed by atoms with E-state index in [1.165, 1.54) is 0 Å². The Morgan fingerprint density at radius 2 is 1.93 bits per heavy atom. The maximum atomic E-state index is 11.9. The summed E-state index contributed by atoms with van der Waals surface area (Å²) in [6.45, 7) is 4.17. The van der Waals surface area contributed by atoms with Crippen molar-refractivity contribution in [3.8, 4) is 17.0 Å². The van der Waals surface area contributed by atoms with E-state index in [1.54, 1.807) is 31.6 Å². The molecule has 1 amide bonds. The van der Waals surface area contributed by atoms with E-state index in [1.807, 2.05) is 44.2 Å². The van der Waals surface area contributed by atoms with Crippen molar-refractivity contribution in [2.45, 2.75) is 19.9 Å². The Bertz CT molecular complexity index is 1010. The zero-order valence-corrected chi connectivity index (χ0v) is 17.3. The first-order valence-electron chi connectivity index (χ1n) is 9.74. The molecule has 1 unspecified atom stereocenters. The summed E-state index contributed by atoms with van der Waals surface area (Å²) in [6, 6.07) is 13.2. The number of aliphatic hydroxyl groups excluding tert-OH is 1. The van der Waals surface area contributed by atoms with Crippen molar-refractivity contribution < 1.29 is 14.6 Å². The van der Waals surface area contributed by atoms with E-state index >= 15 is 0 Å². The number of carbonyl (C=O) groups is 1. The van der Waals surface area contributed by atoms with Crippen LogP contribution in [-0.4, -0.2) is 41.2 Å². The van der Waals surface area contributed by atoms with Gasteiger partial charge in [0.25, 0.3) is 5.91 Å². The Morgan fingerprint density at radius 1 is 1.17 bits per heavy atom. The predicted octanol–water partition coefficient (Wildman–Crippen LogP) is 3.36. The first-order valence-corrected chi connectivity index (χ1v) is 9.74. The summed E-state index contributed by atoms with van der Waals surface area (Å²) in [4.78, 5) is 20.9. The van der Waals surface area contributed by atoms with Gasteiger partial charge < -0.3 is 20.5 Å². The van der Waals surface area contributed by atoms with Gasteiger partial charge in [0.15, 0.2) is 0 Å². The summed E-state index contributed by atoms with van der Waals surface area (Å²) in [5.41, 5.74) is 4.30. The highest BCUT2D eigenvalue weighted by atomic mass is 16.5. The molecule has 30 heavy (non-hydrogen) atoms. The van der Waals surface area contributed by atoms with Crippen molar-refractivity contribution in [2.75, 3.05) is 25.6 Å². The molecule has 2 aromatic carbocycles. The molecule has 7 nitrogen and oxygen atoms in total. The van der Waals surface area contributed by atoms with Crippen LogP contribution < -0.4 is 15.4 Å². The molecule has 7 heteroatoms. The minimum absolute atomic E-state index is 0.0309. The fourth-order valence-corrected chi connectivity index (χ4v) is 3.05. The maximum absolute atomic E-state index is 11.9. The molecule has 0 bridgehead atoms. The van der Waals surface area contributed by atoms with Crippen molar-refractivity contribution in [1.29, 1.82) is 0 Å². The fraction of sp³-hybridized carbons (Fsp3) is 0.261. The fourth-order valence-electron chi connectivity index (χ4n) is 3.05. The summed E-state index contributed by atoms with van der Waals surface area (Å²) < 4.78 is 5.40. The predicted molar refractivity (Wildman–Crippen MR) is 117 cm³/mol. The molecular weight excluding hydrogens is 380 g/mol. The molecule has 0 aliphatic rings. The lowest BCUT2D eigenvalue weighted by Crippen LogP contribution is -2.26. The Hall–Kier alpha value is -3.45. The van der Waals surface area contributed by atoms with Crippen molar-refractivity contribution in [3.05, 3.63) is 71.5 Å². The number of nitrogens with one attached hydrogen (secondary N) is 2. The Morgan fingerprint density at radius 3 is 2.63 bits per heavy atom. The number of aryl methyl sites for hydroxylation is 1. The summed E-state index contributed by atoms with van der Waals surface area (Å²) in [6.07, 6.45) is 3.40. The van der Waals surface area contributed by atoms with Crippen LogP contribution in [0.25, 0.3) is 11.3 Å². The Kier molecular flexibility index (Phi) is 6.98. The Labute approximate surface area is 176 Å². The summed E-state index contributed by atoms with van der Waals surface area (Å²) in [7, 11) is 1.65. The highest BCUT2D eigenvalue weighted by molar-refractivity contribution is 5.94. The molecule has 0 aliphatic heterocycles. The second-order valence-corrected chi connectivity index (χ2v) is 6.94. The number of nitrogens with zero attached hydrogens (tertiary/aromatic N) is 2. The van der Waals surface area contributed by atoms with E-state index in [-0.39, 0.29) is 25.1 Å². The van der Waals surface area contributed by atoms with Gasteiger partial charge in [-0.15, -0.1) is 0 Å². The van der Waals surface area contributed by atoms with Crippen LogP contribution in [0.5, 0.6) is 5.75 Å². The molecule has 3 aromatic rings. The molecule has 0 saturated heterocycles. The second-order valence-electron chi connectivity index (χ2n) is 6.94. The Balaban J connectivity index is 1.72. The van der Waals surface area contributed by atoms with Crippen LogP contribution in [0.1, 0.15) is 34.5 Å². The van der Waals surface area contributed by atoms with Gasteiger partial charge in [0.05, 0.1) is 31.8 Å². The molecule has 3 rings (SSSR count). The molecule has 0 saturated carbocycles. The number of hydrogen-bond acceptors (Lipinski definition) is 6. The molecule has 1 aromatic heterocycles. The number of aromatic nitrogens is 2. The molecular formula is C23H26N4O3. The van der Waals surface area contributed by atoms with Gasteiger partial charge in [0.2, 0.25) is 0 Å². The number of hydrogen-bond donors (Lipinski definition) is 3. The lowest BCUT2D eigenvalue weighted by molar-refractivity contribution is 0.0944. The minimum Gasteiger partial charge on any atom is -0.496 e. The van der Waals surface area contributed by atoms with E-state index < -0.39 is 0 Å². The minimum atomic E-state index is -0.205. The van der Waals surface area contributed by atoms with Gasteiger partial charge in [-0.05, 0) is 43.2 Å². The smallest absolute Gasteiger partial charge is 0.251 e. The largest absolute Gasteiger partial charge is 0.496 e. The number of anilines is 1. The third kappa shape index (κ3) is 5.12. The van der Waals surface area contributed by atoms with Gasteiger partial charge in [-0.2, -0.15) is 0 Å². The highest BCUT2D eigenvalue weighted by Crippen LogP contribution is 2.26. The van der Waals surface area contributed by atoms with E-state index in [9.17, 15) is 4.79 Å². The van der Waals surface area contributed by atoms with Gasteiger partial charge in [0.1, 0.15) is 11.6 Å². The van der Waals surface area contributed by atoms with Crippen molar-refractivity contribution in [2.24, 2.45) is 0 Å². The van der Waals surface area contributed by atoms with Gasteiger partial charge in [-0.1, -0.05) is 24.3 Å². The van der Waals surface area contributed by atoms with Crippen molar-refractivity contribution in [3.63, 3.8) is 0 Å². The number of benzene rings is 2. The van der Waals surface area contributed by atoms with Crippen LogP contribution in [0.2, 0.25) is 0 Å². The summed E-state index contributed by atoms with van der Waals surface area (Å²) >= 11 is 0. The molecule has 156 valence electrons. The number of amides is 1. The van der Waals surface area contributed by atoms with Crippen molar-refractivity contribution in [1.82, 2.24) is 15.3 Å². The van der Waals surface area contributed by atoms with E-state index in [0.717, 1.165) is 28.1 Å². The SMILES string of the molecule is COc1cc(-c2cncc(NC(C)c3ccc(C(=O)NCCO)cc3)n2)ccc1C. The van der Waals surface area contributed by atoms with Gasteiger partial charge in [0, 0.05) is 23.7 Å². The zero-order chi connectivity index (χ0) is 21.5. The third-order valence-electron chi connectivity index (χ3n) is 4.77. The third-order valence-corrected chi connectivity index (χ3v) is 4.77. The normalized spacial score (nSPS) is 11.6. The number of ether oxygens (including phenoxy) is 1. The van der Waals surface area contributed by atoms with E-state index in [0.29, 0.717) is 11.4 Å². The van der Waals surface area contributed by atoms with Crippen LogP contribution in [0.4, 0.5) is 5.82 Å². The van der Waals surface area contributed by atoms with Gasteiger partial charge in [-0.3, -0.25) is 9.78 Å². The monoisotopic (exact) mass is 406 g/mol. The molecule has 0 spiro atoms. The first-order chi connectivity index (χ1) is 14.5. The molecule has 0 fully saturated rings. The lowest BCUT2D eigenvalue weighted by Gasteiger charge is -2.16. The molecule has 1 atom stereocenters. The van der Waals surface area contributed by atoms with Gasteiger partial charge in [-0.25, -0.2) is 4.98 Å². The van der Waals surface area contributed by atoms with E-state index in [4.69, 9.17) is 9.84 Å². The molecule has 3 N–H and O–H groups in total. The average Bonchev–Trinajstić information content (AvgIpc) is 2.78. The maximum Gasteiger partial charge on any atom is 0.251 e. The standard InChI is InChI=1S/C23H26N4O3/c1-15-4-5-19(12-21(15)30-3)20-13-24-14-22(27-20)26-16(2)17-6-8-18(9-7-17)23(29)25-10-11-28/h4-9,12-14,16,28H,10-11H2,1-3H3,(H,25,29)(H,26,27). The average molecular weight is 406 g/mol. The number of methoxy groups -OCH3 is 1.